The van der Waals surface area contributed by atoms with Crippen molar-refractivity contribution in [1.29, 1.82) is 0 Å². The Kier molecular flexibility index (Phi) is 4.77. The van der Waals surface area contributed by atoms with E-state index in [1.54, 1.807) is 0 Å². The summed E-state index contributed by atoms with van der Waals surface area (Å²) in [6.07, 6.45) is 0. The van der Waals surface area contributed by atoms with E-state index in [0.29, 0.717) is 17.5 Å². The number of hydrogen-bond donors (Lipinski definition) is 0. The average molecular weight is 377 g/mol. The SMILES string of the molecule is Cc1ccccc1-c1noc(CSc2nnc(-c3ccccc3C)n2C)n1. The van der Waals surface area contributed by atoms with Crippen molar-refractivity contribution in [3.8, 4) is 22.8 Å². The second-order valence-corrected chi connectivity index (χ2v) is 7.24. The van der Waals surface area contributed by atoms with E-state index < -0.39 is 0 Å². The molecule has 136 valence electrons. The van der Waals surface area contributed by atoms with E-state index in [4.69, 9.17) is 4.52 Å². The highest BCUT2D eigenvalue weighted by molar-refractivity contribution is 7.98. The van der Waals surface area contributed by atoms with Gasteiger partial charge in [-0.25, -0.2) is 0 Å². The summed E-state index contributed by atoms with van der Waals surface area (Å²) in [5.74, 6) is 2.57. The summed E-state index contributed by atoms with van der Waals surface area (Å²) in [7, 11) is 1.97. The number of aromatic nitrogens is 5. The fraction of sp³-hybridized carbons (Fsp3) is 0.200. The van der Waals surface area contributed by atoms with E-state index in [2.05, 4.69) is 39.4 Å². The molecule has 4 rings (SSSR count). The van der Waals surface area contributed by atoms with Gasteiger partial charge >= 0.3 is 0 Å². The molecule has 0 fully saturated rings. The van der Waals surface area contributed by atoms with E-state index in [1.165, 1.54) is 17.3 Å². The Morgan fingerprint density at radius 2 is 1.59 bits per heavy atom. The van der Waals surface area contributed by atoms with Gasteiger partial charge in [0.2, 0.25) is 11.7 Å². The first-order chi connectivity index (χ1) is 13.1. The highest BCUT2D eigenvalue weighted by atomic mass is 32.2. The summed E-state index contributed by atoms with van der Waals surface area (Å²) in [5, 5.41) is 13.6. The van der Waals surface area contributed by atoms with Crippen LogP contribution in [0.4, 0.5) is 0 Å². The van der Waals surface area contributed by atoms with Gasteiger partial charge < -0.3 is 9.09 Å². The van der Waals surface area contributed by atoms with Crippen molar-refractivity contribution in [2.45, 2.75) is 24.8 Å². The minimum atomic E-state index is 0.540. The van der Waals surface area contributed by atoms with Gasteiger partial charge in [0.25, 0.3) is 0 Å². The van der Waals surface area contributed by atoms with Crippen LogP contribution < -0.4 is 0 Å². The van der Waals surface area contributed by atoms with Gasteiger partial charge in [-0.1, -0.05) is 65.4 Å². The Morgan fingerprint density at radius 1 is 0.926 bits per heavy atom. The minimum absolute atomic E-state index is 0.540. The summed E-state index contributed by atoms with van der Waals surface area (Å²) in [5.41, 5.74) is 4.36. The maximum absolute atomic E-state index is 5.41. The first kappa shape index (κ1) is 17.5. The van der Waals surface area contributed by atoms with E-state index >= 15 is 0 Å². The van der Waals surface area contributed by atoms with Crippen molar-refractivity contribution < 1.29 is 4.52 Å². The highest BCUT2D eigenvalue weighted by Gasteiger charge is 2.15. The number of aryl methyl sites for hydroxylation is 2. The monoisotopic (exact) mass is 377 g/mol. The molecule has 0 aliphatic rings. The molecule has 0 spiro atoms. The molecule has 0 bridgehead atoms. The van der Waals surface area contributed by atoms with E-state index in [1.807, 2.05) is 54.9 Å². The summed E-state index contributed by atoms with van der Waals surface area (Å²) in [6.45, 7) is 4.11. The van der Waals surface area contributed by atoms with Gasteiger partial charge in [0.15, 0.2) is 11.0 Å². The Hall–Kier alpha value is -2.93. The Bertz CT molecular complexity index is 1090. The van der Waals surface area contributed by atoms with Gasteiger partial charge in [0.05, 0.1) is 5.75 Å². The van der Waals surface area contributed by atoms with Crippen molar-refractivity contribution in [2.75, 3.05) is 0 Å². The van der Waals surface area contributed by atoms with Crippen LogP contribution >= 0.6 is 11.8 Å². The smallest absolute Gasteiger partial charge is 0.237 e. The Balaban J connectivity index is 1.51. The van der Waals surface area contributed by atoms with Gasteiger partial charge in [-0.3, -0.25) is 0 Å². The van der Waals surface area contributed by atoms with Crippen LogP contribution in [0.2, 0.25) is 0 Å². The molecule has 0 N–H and O–H groups in total. The van der Waals surface area contributed by atoms with Crippen LogP contribution in [0.15, 0.2) is 58.2 Å². The molecule has 2 aromatic carbocycles. The fourth-order valence-corrected chi connectivity index (χ4v) is 3.62. The van der Waals surface area contributed by atoms with Crippen LogP contribution in [-0.4, -0.2) is 24.9 Å². The molecular weight excluding hydrogens is 358 g/mol. The third-order valence-electron chi connectivity index (χ3n) is 4.40. The van der Waals surface area contributed by atoms with E-state index in [0.717, 1.165) is 27.7 Å². The highest BCUT2D eigenvalue weighted by Crippen LogP contribution is 2.27. The molecule has 0 aliphatic heterocycles. The topological polar surface area (TPSA) is 69.6 Å². The van der Waals surface area contributed by atoms with Crippen LogP contribution in [0.3, 0.4) is 0 Å². The predicted octanol–water partition coefficient (Wildman–Crippen LogP) is 4.44. The lowest BCUT2D eigenvalue weighted by Crippen LogP contribution is -1.96. The second kappa shape index (κ2) is 7.36. The number of benzene rings is 2. The normalized spacial score (nSPS) is 11.1. The van der Waals surface area contributed by atoms with Crippen LogP contribution in [0.25, 0.3) is 22.8 Å². The molecule has 0 saturated carbocycles. The predicted molar refractivity (Wildman–Crippen MR) is 105 cm³/mol. The molecule has 4 aromatic rings. The number of nitrogens with zero attached hydrogens (tertiary/aromatic N) is 5. The summed E-state index contributed by atoms with van der Waals surface area (Å²) < 4.78 is 7.40. The van der Waals surface area contributed by atoms with Gasteiger partial charge in [-0.15, -0.1) is 10.2 Å². The molecule has 0 saturated heterocycles. The maximum atomic E-state index is 5.41. The lowest BCUT2D eigenvalue weighted by atomic mass is 10.1. The molecule has 0 radical (unpaired) electrons. The van der Waals surface area contributed by atoms with Crippen molar-refractivity contribution >= 4 is 11.8 Å². The van der Waals surface area contributed by atoms with Crippen molar-refractivity contribution in [1.82, 2.24) is 24.9 Å². The zero-order chi connectivity index (χ0) is 18.8. The number of hydrogen-bond acceptors (Lipinski definition) is 6. The molecule has 0 atom stereocenters. The quantitative estimate of drug-likeness (QED) is 0.479. The molecule has 27 heavy (non-hydrogen) atoms. The van der Waals surface area contributed by atoms with Crippen molar-refractivity contribution in [3.05, 3.63) is 65.5 Å². The maximum Gasteiger partial charge on any atom is 0.237 e. The van der Waals surface area contributed by atoms with Crippen LogP contribution in [0.5, 0.6) is 0 Å². The average Bonchev–Trinajstić information content (AvgIpc) is 3.28. The van der Waals surface area contributed by atoms with Crippen LogP contribution in [-0.2, 0) is 12.8 Å². The van der Waals surface area contributed by atoms with Gasteiger partial charge in [0.1, 0.15) is 0 Å². The van der Waals surface area contributed by atoms with Gasteiger partial charge in [-0.2, -0.15) is 4.98 Å². The molecule has 2 aromatic heterocycles. The van der Waals surface area contributed by atoms with Crippen molar-refractivity contribution in [2.24, 2.45) is 7.05 Å². The zero-order valence-electron chi connectivity index (χ0n) is 15.4. The Morgan fingerprint density at radius 3 is 2.30 bits per heavy atom. The molecule has 7 heteroatoms. The molecule has 2 heterocycles. The first-order valence-electron chi connectivity index (χ1n) is 8.60. The number of thioether (sulfide) groups is 1. The van der Waals surface area contributed by atoms with Gasteiger partial charge in [0, 0.05) is 18.2 Å². The third kappa shape index (κ3) is 3.50. The van der Waals surface area contributed by atoms with Crippen LogP contribution in [0.1, 0.15) is 17.0 Å². The van der Waals surface area contributed by atoms with E-state index in [-0.39, 0.29) is 0 Å². The molecule has 0 amide bonds. The lowest BCUT2D eigenvalue weighted by molar-refractivity contribution is 0.391. The van der Waals surface area contributed by atoms with E-state index in [9.17, 15) is 0 Å². The molecule has 0 aliphatic carbocycles. The minimum Gasteiger partial charge on any atom is -0.338 e. The lowest BCUT2D eigenvalue weighted by Gasteiger charge is -2.05. The number of rotatable bonds is 5. The van der Waals surface area contributed by atoms with Crippen molar-refractivity contribution in [3.63, 3.8) is 0 Å². The Labute approximate surface area is 161 Å². The van der Waals surface area contributed by atoms with Gasteiger partial charge in [-0.05, 0) is 25.0 Å². The molecule has 6 nitrogen and oxygen atoms in total. The first-order valence-corrected chi connectivity index (χ1v) is 9.59. The second-order valence-electron chi connectivity index (χ2n) is 6.30. The summed E-state index contributed by atoms with van der Waals surface area (Å²) in [4.78, 5) is 4.51. The molecule has 0 unspecified atom stereocenters. The largest absolute Gasteiger partial charge is 0.338 e. The zero-order valence-corrected chi connectivity index (χ0v) is 16.2. The molecular formula is C20H19N5OS. The fourth-order valence-electron chi connectivity index (χ4n) is 2.87. The van der Waals surface area contributed by atoms with Crippen LogP contribution in [0, 0.1) is 13.8 Å². The summed E-state index contributed by atoms with van der Waals surface area (Å²) in [6, 6.07) is 16.2. The standard InChI is InChI=1S/C20H19N5OS/c1-13-8-4-6-10-15(13)18-21-17(26-24-18)12-27-20-23-22-19(25(20)3)16-11-7-5-9-14(16)2/h4-11H,12H2,1-3H3. The third-order valence-corrected chi connectivity index (χ3v) is 5.40. The summed E-state index contributed by atoms with van der Waals surface area (Å²) >= 11 is 1.53.